The Morgan fingerprint density at radius 3 is 2.39 bits per heavy atom. The Morgan fingerprint density at radius 2 is 1.80 bits per heavy atom. The van der Waals surface area contributed by atoms with Gasteiger partial charge in [0.1, 0.15) is 16.8 Å². The highest BCUT2D eigenvalue weighted by atomic mass is 32.2. The van der Waals surface area contributed by atoms with Gasteiger partial charge in [-0.25, -0.2) is 33.3 Å². The molecule has 1 atom stereocenters. The fourth-order valence-electron chi connectivity index (χ4n) is 4.23. The van der Waals surface area contributed by atoms with Gasteiger partial charge in [-0.3, -0.25) is 4.79 Å². The van der Waals surface area contributed by atoms with Gasteiger partial charge in [0.05, 0.1) is 45.8 Å². The van der Waals surface area contributed by atoms with Gasteiger partial charge in [-0.2, -0.15) is 13.2 Å². The molecule has 1 fully saturated rings. The van der Waals surface area contributed by atoms with Crippen molar-refractivity contribution in [3.63, 3.8) is 0 Å². The number of carbonyl (C=O) groups excluding carboxylic acids is 1. The van der Waals surface area contributed by atoms with Gasteiger partial charge in [0, 0.05) is 30.9 Å². The first-order valence-electron chi connectivity index (χ1n) is 12.1. The molecule has 17 heteroatoms. The van der Waals surface area contributed by atoms with Crippen LogP contribution in [0.1, 0.15) is 21.1 Å². The van der Waals surface area contributed by atoms with Gasteiger partial charge in [0.15, 0.2) is 15.0 Å². The number of alkyl halides is 3. The van der Waals surface area contributed by atoms with Gasteiger partial charge < -0.3 is 15.1 Å². The number of nitrogens with one attached hydrogen (secondary N) is 1. The molecule has 11 nitrogen and oxygen atoms in total. The fraction of sp³-hybridized carbons (Fsp3) is 0.333. The molecule has 0 bridgehead atoms. The number of hydrogen-bond donors (Lipinski definition) is 1. The third-order valence-corrected chi connectivity index (χ3v) is 9.15. The number of pyridine rings is 1. The van der Waals surface area contributed by atoms with Crippen molar-refractivity contribution >= 4 is 55.3 Å². The number of anilines is 3. The average Bonchev–Trinajstić information content (AvgIpc) is 3.52. The largest absolute Gasteiger partial charge is 0.410 e. The van der Waals surface area contributed by atoms with Crippen molar-refractivity contribution in [3.8, 4) is 10.6 Å². The lowest BCUT2D eigenvalue weighted by Crippen LogP contribution is -2.61. The van der Waals surface area contributed by atoms with Crippen LogP contribution in [0.2, 0.25) is 0 Å². The van der Waals surface area contributed by atoms with E-state index < -0.39 is 34.5 Å². The molecule has 4 aromatic rings. The van der Waals surface area contributed by atoms with Crippen LogP contribution in [0.4, 0.5) is 30.1 Å². The maximum atomic E-state index is 14.1. The average molecular weight is 625 g/mol. The lowest BCUT2D eigenvalue weighted by atomic mass is 10.1. The summed E-state index contributed by atoms with van der Waals surface area (Å²) in [6.07, 6.45) is -0.427. The van der Waals surface area contributed by atoms with Crippen LogP contribution in [0.5, 0.6) is 0 Å². The monoisotopic (exact) mass is 624 g/mol. The molecule has 1 amide bonds. The highest BCUT2D eigenvalue weighted by Gasteiger charge is 2.48. The molecular weight excluding hydrogens is 602 g/mol. The highest BCUT2D eigenvalue weighted by Crippen LogP contribution is 2.33. The van der Waals surface area contributed by atoms with E-state index in [1.807, 2.05) is 19.2 Å². The van der Waals surface area contributed by atoms with Gasteiger partial charge in [-0.1, -0.05) is 0 Å². The van der Waals surface area contributed by atoms with Crippen molar-refractivity contribution in [2.45, 2.75) is 31.0 Å². The number of rotatable bonds is 6. The second-order valence-electron chi connectivity index (χ2n) is 9.24. The molecule has 5 rings (SSSR count). The Morgan fingerprint density at radius 1 is 1.07 bits per heavy atom. The maximum absolute atomic E-state index is 14.1. The van der Waals surface area contributed by atoms with Crippen LogP contribution in [0.25, 0.3) is 10.6 Å². The molecular formula is C24H23F3N8O3S3. The minimum absolute atomic E-state index is 0.00240. The number of thiazole rings is 2. The SMILES string of the molecule is Cc1nc(C)c(-c2csc(Nc3ccc(C(=O)N4CCN(c5ncc(S(C)(=O)=O)cn5)CC4C(F)(F)F)cn3)n2)s1. The molecule has 0 spiro atoms. The normalized spacial score (nSPS) is 16.2. The van der Waals surface area contributed by atoms with Gasteiger partial charge in [-0.05, 0) is 26.0 Å². The van der Waals surface area contributed by atoms with Crippen LogP contribution in [0, 0.1) is 13.8 Å². The predicted molar refractivity (Wildman–Crippen MR) is 148 cm³/mol. The van der Waals surface area contributed by atoms with E-state index in [2.05, 4.69) is 30.2 Å². The number of amides is 1. The zero-order valence-corrected chi connectivity index (χ0v) is 24.3. The van der Waals surface area contributed by atoms with Gasteiger partial charge >= 0.3 is 6.18 Å². The third kappa shape index (κ3) is 6.31. The third-order valence-electron chi connectivity index (χ3n) is 6.23. The summed E-state index contributed by atoms with van der Waals surface area (Å²) in [6.45, 7) is 3.00. The van der Waals surface area contributed by atoms with Crippen molar-refractivity contribution in [2.24, 2.45) is 0 Å². The molecule has 0 radical (unpaired) electrons. The molecule has 0 aliphatic carbocycles. The molecule has 216 valence electrons. The summed E-state index contributed by atoms with van der Waals surface area (Å²) >= 11 is 2.91. The van der Waals surface area contributed by atoms with Crippen LogP contribution in [0.3, 0.4) is 0 Å². The van der Waals surface area contributed by atoms with Crippen molar-refractivity contribution in [3.05, 3.63) is 52.4 Å². The lowest BCUT2D eigenvalue weighted by molar-refractivity contribution is -0.177. The van der Waals surface area contributed by atoms with Crippen LogP contribution in [0.15, 0.2) is 41.0 Å². The molecule has 5 heterocycles. The van der Waals surface area contributed by atoms with E-state index in [-0.39, 0.29) is 29.5 Å². The first-order chi connectivity index (χ1) is 19.3. The van der Waals surface area contributed by atoms with Crippen LogP contribution in [-0.2, 0) is 9.84 Å². The van der Waals surface area contributed by atoms with E-state index in [1.54, 1.807) is 11.3 Å². The summed E-state index contributed by atoms with van der Waals surface area (Å²) in [4.78, 5) is 37.0. The molecule has 1 N–H and O–H groups in total. The second-order valence-corrected chi connectivity index (χ2v) is 13.3. The summed E-state index contributed by atoms with van der Waals surface area (Å²) in [5, 5.41) is 6.45. The first kappa shape index (κ1) is 28.8. The predicted octanol–water partition coefficient (Wildman–Crippen LogP) is 4.11. The molecule has 1 unspecified atom stereocenters. The van der Waals surface area contributed by atoms with Gasteiger partial charge in [0.25, 0.3) is 5.91 Å². The Balaban J connectivity index is 1.28. The molecule has 1 aliphatic rings. The first-order valence-corrected chi connectivity index (χ1v) is 15.7. The molecule has 41 heavy (non-hydrogen) atoms. The zero-order chi connectivity index (χ0) is 29.5. The number of halogens is 3. The zero-order valence-electron chi connectivity index (χ0n) is 21.9. The topological polar surface area (TPSA) is 134 Å². The summed E-state index contributed by atoms with van der Waals surface area (Å²) in [6, 6.07) is 0.787. The molecule has 4 aromatic heterocycles. The fourth-order valence-corrected chi connectivity index (χ4v) is 6.38. The van der Waals surface area contributed by atoms with Crippen LogP contribution in [-0.4, -0.2) is 82.3 Å². The van der Waals surface area contributed by atoms with E-state index >= 15 is 0 Å². The van der Waals surface area contributed by atoms with Crippen LogP contribution < -0.4 is 10.2 Å². The second kappa shape index (κ2) is 10.9. The van der Waals surface area contributed by atoms with E-state index in [9.17, 15) is 26.4 Å². The minimum Gasteiger partial charge on any atom is -0.337 e. The Hall–Kier alpha value is -3.70. The lowest BCUT2D eigenvalue weighted by Gasteiger charge is -2.42. The molecule has 0 aromatic carbocycles. The summed E-state index contributed by atoms with van der Waals surface area (Å²) < 4.78 is 65.4. The smallest absolute Gasteiger partial charge is 0.337 e. The minimum atomic E-state index is -4.73. The van der Waals surface area contributed by atoms with Crippen molar-refractivity contribution in [1.29, 1.82) is 0 Å². The van der Waals surface area contributed by atoms with E-state index in [0.717, 1.165) is 44.8 Å². The number of aromatic nitrogens is 5. The maximum Gasteiger partial charge on any atom is 0.410 e. The summed E-state index contributed by atoms with van der Waals surface area (Å²) in [5.74, 6) is -0.486. The number of nitrogens with zero attached hydrogens (tertiary/aromatic N) is 7. The molecule has 1 aliphatic heterocycles. The Bertz CT molecular complexity index is 1670. The van der Waals surface area contributed by atoms with Crippen molar-refractivity contribution in [1.82, 2.24) is 29.8 Å². The molecule has 1 saturated heterocycles. The standard InChI is InChI=1S/C24H23F3N8O3S3/c1-13-20(40-14(2)31-13)17-12-39-23(32-17)33-19-5-4-15(8-28-19)21(36)35-7-6-34(11-18(35)24(25,26)27)22-29-9-16(10-30-22)41(3,37)38/h4-5,8-10,12,18H,6-7,11H2,1-3H3,(H,28,32,33). The van der Waals surface area contributed by atoms with E-state index in [1.165, 1.54) is 34.6 Å². The highest BCUT2D eigenvalue weighted by molar-refractivity contribution is 7.90. The number of piperazine rings is 1. The molecule has 0 saturated carbocycles. The van der Waals surface area contributed by atoms with E-state index in [4.69, 9.17) is 0 Å². The Labute approximate surface area is 241 Å². The van der Waals surface area contributed by atoms with E-state index in [0.29, 0.717) is 10.9 Å². The van der Waals surface area contributed by atoms with Crippen molar-refractivity contribution < 1.29 is 26.4 Å². The number of aryl methyl sites for hydroxylation is 2. The number of sulfone groups is 1. The Kier molecular flexibility index (Phi) is 7.69. The quantitative estimate of drug-likeness (QED) is 0.334. The van der Waals surface area contributed by atoms with Crippen LogP contribution >= 0.6 is 22.7 Å². The summed E-state index contributed by atoms with van der Waals surface area (Å²) in [7, 11) is -3.56. The van der Waals surface area contributed by atoms with Gasteiger partial charge in [0.2, 0.25) is 5.95 Å². The number of hydrogen-bond acceptors (Lipinski definition) is 12. The van der Waals surface area contributed by atoms with Crippen molar-refractivity contribution in [2.75, 3.05) is 36.1 Å². The number of carbonyl (C=O) groups is 1. The van der Waals surface area contributed by atoms with Gasteiger partial charge in [-0.15, -0.1) is 22.7 Å². The summed E-state index contributed by atoms with van der Waals surface area (Å²) in [5.41, 5.74) is 1.67.